The molecule has 0 aromatic carbocycles. The van der Waals surface area contributed by atoms with Gasteiger partial charge in [-0.2, -0.15) is 0 Å². The molecule has 0 radical (unpaired) electrons. The maximum Gasteiger partial charge on any atom is 0.243 e. The molecule has 0 aromatic rings. The number of likely N-dealkylation sites (N-methyl/N-ethyl adjacent to an activating group) is 1. The summed E-state index contributed by atoms with van der Waals surface area (Å²) in [6, 6.07) is -2.79. The second-order valence-corrected chi connectivity index (χ2v) is 10.0. The number of hydrogen-bond donors (Lipinski definition) is 7. The first-order chi connectivity index (χ1) is 18.1. The average molecular weight is 557 g/mol. The SMILES string of the molecule is CC(C)CC(NC(=O)CNC(=O)C(C)NC(=O)CNC(=O)C(CC(C)C)N(C)C(=O)CN)C(=O)NCC(N)=O. The molecule has 0 saturated carbocycles. The normalized spacial score (nSPS) is 13.1. The smallest absolute Gasteiger partial charge is 0.243 e. The Hall–Kier alpha value is -3.75. The number of nitrogens with one attached hydrogen (secondary N) is 5. The van der Waals surface area contributed by atoms with E-state index in [2.05, 4.69) is 26.6 Å². The van der Waals surface area contributed by atoms with E-state index in [1.54, 1.807) is 0 Å². The number of nitrogens with two attached hydrogens (primary N) is 2. The van der Waals surface area contributed by atoms with E-state index in [1.807, 2.05) is 27.7 Å². The summed E-state index contributed by atoms with van der Waals surface area (Å²) in [5, 5.41) is 12.1. The molecule has 39 heavy (non-hydrogen) atoms. The second kappa shape index (κ2) is 17.7. The van der Waals surface area contributed by atoms with Crippen LogP contribution in [0, 0.1) is 11.8 Å². The summed E-state index contributed by atoms with van der Waals surface area (Å²) < 4.78 is 0. The number of amides is 7. The van der Waals surface area contributed by atoms with E-state index in [0.29, 0.717) is 6.42 Å². The molecule has 9 N–H and O–H groups in total. The first-order valence-corrected chi connectivity index (χ1v) is 12.7. The fourth-order valence-electron chi connectivity index (χ4n) is 3.41. The van der Waals surface area contributed by atoms with Gasteiger partial charge >= 0.3 is 0 Å². The number of primary amides is 1. The Morgan fingerprint density at radius 2 is 1.18 bits per heavy atom. The minimum Gasteiger partial charge on any atom is -0.368 e. The van der Waals surface area contributed by atoms with Gasteiger partial charge in [0.05, 0.1) is 26.2 Å². The monoisotopic (exact) mass is 556 g/mol. The van der Waals surface area contributed by atoms with Crippen LogP contribution < -0.4 is 38.1 Å². The molecule has 0 spiro atoms. The lowest BCUT2D eigenvalue weighted by atomic mass is 10.0. The largest absolute Gasteiger partial charge is 0.368 e. The van der Waals surface area contributed by atoms with Gasteiger partial charge in [0.1, 0.15) is 18.1 Å². The van der Waals surface area contributed by atoms with Crippen LogP contribution in [0.2, 0.25) is 0 Å². The Morgan fingerprint density at radius 1 is 0.692 bits per heavy atom. The minimum atomic E-state index is -1.04. The molecular weight excluding hydrogens is 512 g/mol. The number of carbonyl (C=O) groups is 7. The molecule has 0 saturated heterocycles. The van der Waals surface area contributed by atoms with Crippen LogP contribution in [0.15, 0.2) is 0 Å². The van der Waals surface area contributed by atoms with Gasteiger partial charge in [0.25, 0.3) is 0 Å². The van der Waals surface area contributed by atoms with Crippen LogP contribution in [0.3, 0.4) is 0 Å². The van der Waals surface area contributed by atoms with E-state index in [-0.39, 0.29) is 31.3 Å². The van der Waals surface area contributed by atoms with Crippen LogP contribution >= 0.6 is 0 Å². The van der Waals surface area contributed by atoms with Crippen molar-refractivity contribution < 1.29 is 33.6 Å². The summed E-state index contributed by atoms with van der Waals surface area (Å²) >= 11 is 0. The highest BCUT2D eigenvalue weighted by Gasteiger charge is 2.28. The molecule has 0 bridgehead atoms. The van der Waals surface area contributed by atoms with E-state index >= 15 is 0 Å². The highest BCUT2D eigenvalue weighted by Crippen LogP contribution is 2.11. The van der Waals surface area contributed by atoms with Crippen LogP contribution in [0.4, 0.5) is 0 Å². The zero-order chi connectivity index (χ0) is 30.3. The summed E-state index contributed by atoms with van der Waals surface area (Å²) in [5.74, 6) is -4.12. The molecule has 3 atom stereocenters. The lowest BCUT2D eigenvalue weighted by Crippen LogP contribution is -2.54. The fourth-order valence-corrected chi connectivity index (χ4v) is 3.41. The van der Waals surface area contributed by atoms with E-state index in [0.717, 1.165) is 0 Å². The zero-order valence-electron chi connectivity index (χ0n) is 23.6. The van der Waals surface area contributed by atoms with Gasteiger partial charge in [0.2, 0.25) is 41.4 Å². The molecule has 0 heterocycles. The molecule has 15 nitrogen and oxygen atoms in total. The topological polar surface area (TPSA) is 235 Å². The molecule has 222 valence electrons. The van der Waals surface area contributed by atoms with Crippen LogP contribution in [0.25, 0.3) is 0 Å². The summed E-state index contributed by atoms with van der Waals surface area (Å²) in [6.07, 6.45) is 0.651. The van der Waals surface area contributed by atoms with Gasteiger partial charge in [-0.1, -0.05) is 27.7 Å². The van der Waals surface area contributed by atoms with Crippen molar-refractivity contribution in [3.63, 3.8) is 0 Å². The van der Waals surface area contributed by atoms with Crippen LogP contribution in [-0.4, -0.2) is 97.6 Å². The average Bonchev–Trinajstić information content (AvgIpc) is 2.85. The van der Waals surface area contributed by atoms with Crippen molar-refractivity contribution in [2.75, 3.05) is 33.2 Å². The lowest BCUT2D eigenvalue weighted by Gasteiger charge is -2.28. The van der Waals surface area contributed by atoms with Crippen molar-refractivity contribution >= 4 is 41.4 Å². The first kappa shape index (κ1) is 35.2. The van der Waals surface area contributed by atoms with Gasteiger partial charge in [-0.3, -0.25) is 33.6 Å². The molecule has 0 aliphatic carbocycles. The molecule has 0 aliphatic heterocycles. The van der Waals surface area contributed by atoms with Gasteiger partial charge in [-0.25, -0.2) is 0 Å². The van der Waals surface area contributed by atoms with E-state index < -0.39 is 72.6 Å². The fraction of sp³-hybridized carbons (Fsp3) is 0.708. The van der Waals surface area contributed by atoms with Crippen molar-refractivity contribution in [2.45, 2.75) is 65.6 Å². The van der Waals surface area contributed by atoms with Crippen molar-refractivity contribution in [1.82, 2.24) is 31.5 Å². The molecule has 0 fully saturated rings. The van der Waals surface area contributed by atoms with E-state index in [9.17, 15) is 33.6 Å². The minimum absolute atomic E-state index is 0.0437. The Labute approximate surface area is 228 Å². The quantitative estimate of drug-likeness (QED) is 0.0955. The Morgan fingerprint density at radius 3 is 1.67 bits per heavy atom. The van der Waals surface area contributed by atoms with Gasteiger partial charge in [0.15, 0.2) is 0 Å². The number of nitrogens with zero attached hydrogens (tertiary/aromatic N) is 1. The third kappa shape index (κ3) is 14.7. The lowest BCUT2D eigenvalue weighted by molar-refractivity contribution is -0.139. The summed E-state index contributed by atoms with van der Waals surface area (Å²) in [5.41, 5.74) is 10.4. The Kier molecular flexibility index (Phi) is 16.0. The van der Waals surface area contributed by atoms with Gasteiger partial charge in [0, 0.05) is 7.05 Å². The van der Waals surface area contributed by atoms with Gasteiger partial charge < -0.3 is 43.0 Å². The van der Waals surface area contributed by atoms with Crippen LogP contribution in [0.5, 0.6) is 0 Å². The molecule has 0 aliphatic rings. The highest BCUT2D eigenvalue weighted by atomic mass is 16.2. The number of hydrogen-bond acceptors (Lipinski definition) is 8. The van der Waals surface area contributed by atoms with Crippen LogP contribution in [0.1, 0.15) is 47.5 Å². The molecule has 7 amide bonds. The standard InChI is InChI=1S/C24H44N8O7/c1-13(2)7-16(23(38)27-10-18(26)33)31-20(35)12-28-22(37)15(5)30-19(34)11-29-24(39)17(8-14(3)4)32(6)21(36)9-25/h13-17H,7-12,25H2,1-6H3,(H2,26,33)(H,27,38)(H,28,37)(H,29,39)(H,30,34)(H,31,35). The maximum atomic E-state index is 12.6. The van der Waals surface area contributed by atoms with Gasteiger partial charge in [-0.15, -0.1) is 0 Å². The van der Waals surface area contributed by atoms with Crippen molar-refractivity contribution in [3.05, 3.63) is 0 Å². The summed E-state index contributed by atoms with van der Waals surface area (Å²) in [4.78, 5) is 85.9. The van der Waals surface area contributed by atoms with Gasteiger partial charge in [-0.05, 0) is 31.6 Å². The van der Waals surface area contributed by atoms with E-state index in [1.165, 1.54) is 18.9 Å². The zero-order valence-corrected chi connectivity index (χ0v) is 23.6. The van der Waals surface area contributed by atoms with Crippen molar-refractivity contribution in [3.8, 4) is 0 Å². The van der Waals surface area contributed by atoms with E-state index in [4.69, 9.17) is 11.5 Å². The van der Waals surface area contributed by atoms with Crippen molar-refractivity contribution in [1.29, 1.82) is 0 Å². The van der Waals surface area contributed by atoms with Crippen molar-refractivity contribution in [2.24, 2.45) is 23.3 Å². The molecular formula is C24H44N8O7. The maximum absolute atomic E-state index is 12.6. The molecule has 0 aromatic heterocycles. The van der Waals surface area contributed by atoms with Crippen LogP contribution in [-0.2, 0) is 33.6 Å². The number of rotatable bonds is 17. The third-order valence-electron chi connectivity index (χ3n) is 5.45. The summed E-state index contributed by atoms with van der Waals surface area (Å²) in [7, 11) is 1.46. The predicted molar refractivity (Wildman–Crippen MR) is 142 cm³/mol. The second-order valence-electron chi connectivity index (χ2n) is 10.0. The molecule has 15 heteroatoms. The first-order valence-electron chi connectivity index (χ1n) is 12.7. The third-order valence-corrected chi connectivity index (χ3v) is 5.45. The number of carbonyl (C=O) groups excluding carboxylic acids is 7. The molecule has 3 unspecified atom stereocenters. The Balaban J connectivity index is 4.80. The predicted octanol–water partition coefficient (Wildman–Crippen LogP) is -3.31. The molecule has 0 rings (SSSR count). The summed E-state index contributed by atoms with van der Waals surface area (Å²) in [6.45, 7) is 7.31. The highest BCUT2D eigenvalue weighted by molar-refractivity contribution is 5.94. The Bertz CT molecular complexity index is 894.